The molecule has 2 atom stereocenters. The summed E-state index contributed by atoms with van der Waals surface area (Å²) in [6.07, 6.45) is -1.86. The van der Waals surface area contributed by atoms with Crippen LogP contribution >= 0.6 is 11.6 Å². The minimum absolute atomic E-state index is 0.0103. The van der Waals surface area contributed by atoms with Crippen LogP contribution in [-0.2, 0) is 4.74 Å². The number of aliphatic hydroxyl groups is 1. The molecule has 0 aliphatic heterocycles. The molecule has 0 spiro atoms. The highest BCUT2D eigenvalue weighted by Crippen LogP contribution is 2.48. The number of halogens is 4. The molecular weight excluding hydrogens is 475 g/mol. The number of aromatic nitrogens is 2. The second kappa shape index (κ2) is 10.7. The van der Waals surface area contributed by atoms with E-state index >= 15 is 0 Å². The molecule has 1 aromatic carbocycles. The Kier molecular flexibility index (Phi) is 8.46. The average molecular weight is 498 g/mol. The molecular formula is C23H23ClF3N3O4. The highest BCUT2D eigenvalue weighted by Gasteiger charge is 2.59. The molecule has 0 saturated carbocycles. The Balaban J connectivity index is 2.42. The van der Waals surface area contributed by atoms with Gasteiger partial charge in [0.2, 0.25) is 5.88 Å². The number of esters is 1. The first-order valence-electron chi connectivity index (χ1n) is 9.80. The molecule has 0 aliphatic rings. The van der Waals surface area contributed by atoms with Crippen LogP contribution in [0.15, 0.2) is 66.4 Å². The van der Waals surface area contributed by atoms with Crippen molar-refractivity contribution in [2.24, 2.45) is 5.73 Å². The van der Waals surface area contributed by atoms with Crippen LogP contribution in [0.2, 0.25) is 5.02 Å². The van der Waals surface area contributed by atoms with Crippen molar-refractivity contribution in [3.05, 3.63) is 82.7 Å². The van der Waals surface area contributed by atoms with E-state index in [4.69, 9.17) is 22.1 Å². The van der Waals surface area contributed by atoms with Gasteiger partial charge >= 0.3 is 12.1 Å². The van der Waals surface area contributed by atoms with Gasteiger partial charge in [0.15, 0.2) is 11.3 Å². The molecule has 2 unspecified atom stereocenters. The summed E-state index contributed by atoms with van der Waals surface area (Å²) < 4.78 is 52.5. The molecule has 182 valence electrons. The molecule has 11 heteroatoms. The summed E-state index contributed by atoms with van der Waals surface area (Å²) in [5.74, 6) is -2.05. The summed E-state index contributed by atoms with van der Waals surface area (Å²) in [6.45, 7) is 6.02. The first-order valence-corrected chi connectivity index (χ1v) is 10.2. The maximum absolute atomic E-state index is 14.2. The van der Waals surface area contributed by atoms with Crippen LogP contribution in [0, 0.1) is 0 Å². The highest BCUT2D eigenvalue weighted by molar-refractivity contribution is 6.31. The van der Waals surface area contributed by atoms with E-state index in [9.17, 15) is 23.1 Å². The topological polar surface area (TPSA) is 108 Å². The number of alkyl halides is 3. The minimum Gasteiger partial charge on any atom is -0.464 e. The lowest BCUT2D eigenvalue weighted by Gasteiger charge is -2.37. The number of benzene rings is 1. The fraction of sp³-hybridized carbons (Fsp3) is 0.261. The second-order valence-corrected chi connectivity index (χ2v) is 7.67. The molecule has 0 fully saturated rings. The Morgan fingerprint density at radius 3 is 2.41 bits per heavy atom. The molecule has 1 heterocycles. The third kappa shape index (κ3) is 5.75. The van der Waals surface area contributed by atoms with Crippen molar-refractivity contribution in [1.82, 2.24) is 10.2 Å². The van der Waals surface area contributed by atoms with Gasteiger partial charge in [-0.2, -0.15) is 13.2 Å². The lowest BCUT2D eigenvalue weighted by molar-refractivity contribution is -0.250. The summed E-state index contributed by atoms with van der Waals surface area (Å²) in [6, 6.07) is 6.64. The van der Waals surface area contributed by atoms with E-state index in [2.05, 4.69) is 21.5 Å². The highest BCUT2D eigenvalue weighted by atomic mass is 35.5. The SMILES string of the molecule is C=C/C=C(\C=C(\C)N)C(O)(C(C)c1ccc(Oc2ccc(C(=O)OC)nn2)cc1Cl)C(F)(F)F. The Bertz CT molecular complexity index is 1110. The number of nitrogens with zero attached hydrogens (tertiary/aromatic N) is 2. The monoisotopic (exact) mass is 497 g/mol. The van der Waals surface area contributed by atoms with Crippen LogP contribution in [0.1, 0.15) is 35.8 Å². The zero-order chi connectivity index (χ0) is 25.7. The summed E-state index contributed by atoms with van der Waals surface area (Å²) in [7, 11) is 1.20. The molecule has 0 amide bonds. The maximum Gasteiger partial charge on any atom is 0.422 e. The number of ether oxygens (including phenoxy) is 2. The van der Waals surface area contributed by atoms with E-state index in [-0.39, 0.29) is 33.6 Å². The molecule has 0 bridgehead atoms. The summed E-state index contributed by atoms with van der Waals surface area (Å²) in [5.41, 5.74) is 1.83. The number of carbonyl (C=O) groups is 1. The fourth-order valence-electron chi connectivity index (χ4n) is 3.17. The first-order chi connectivity index (χ1) is 15.8. The van der Waals surface area contributed by atoms with Crippen molar-refractivity contribution in [2.45, 2.75) is 31.5 Å². The molecule has 3 N–H and O–H groups in total. The quantitative estimate of drug-likeness (QED) is 0.386. The van der Waals surface area contributed by atoms with Crippen molar-refractivity contribution in [2.75, 3.05) is 7.11 Å². The van der Waals surface area contributed by atoms with Crippen molar-refractivity contribution in [3.63, 3.8) is 0 Å². The van der Waals surface area contributed by atoms with Crippen LogP contribution in [0.25, 0.3) is 0 Å². The Morgan fingerprint density at radius 1 is 1.26 bits per heavy atom. The van der Waals surface area contributed by atoms with Crippen LogP contribution in [0.3, 0.4) is 0 Å². The van der Waals surface area contributed by atoms with Crippen LogP contribution in [-0.4, -0.2) is 40.2 Å². The van der Waals surface area contributed by atoms with Gasteiger partial charge in [-0.3, -0.25) is 0 Å². The van der Waals surface area contributed by atoms with Crippen molar-refractivity contribution in [3.8, 4) is 11.6 Å². The molecule has 2 aromatic rings. The van der Waals surface area contributed by atoms with E-state index in [1.165, 1.54) is 51.3 Å². The van der Waals surface area contributed by atoms with Gasteiger partial charge in [0.05, 0.1) is 7.11 Å². The standard InChI is InChI=1S/C23H23ClF3N3O4/c1-5-6-15(11-13(2)28)22(32,23(25,26)27)14(3)17-8-7-16(12-18(17)24)34-20-10-9-19(29-30-20)21(31)33-4/h5-12,14,32H,1,28H2,2-4H3/b13-11-,15-6+. The van der Waals surface area contributed by atoms with Gasteiger partial charge in [-0.25, -0.2) is 4.79 Å². The predicted molar refractivity (Wildman–Crippen MR) is 121 cm³/mol. The Morgan fingerprint density at radius 2 is 1.94 bits per heavy atom. The predicted octanol–water partition coefficient (Wildman–Crippen LogP) is 5.08. The van der Waals surface area contributed by atoms with Gasteiger partial charge in [0, 0.05) is 22.7 Å². The summed E-state index contributed by atoms with van der Waals surface area (Å²) >= 11 is 6.28. The van der Waals surface area contributed by atoms with E-state index in [1.54, 1.807) is 0 Å². The Hall–Kier alpha value is -3.37. The largest absolute Gasteiger partial charge is 0.464 e. The van der Waals surface area contributed by atoms with Crippen LogP contribution < -0.4 is 10.5 Å². The normalized spacial score (nSPS) is 15.3. The molecule has 2 rings (SSSR count). The minimum atomic E-state index is -5.07. The summed E-state index contributed by atoms with van der Waals surface area (Å²) in [5, 5.41) is 18.3. The summed E-state index contributed by atoms with van der Waals surface area (Å²) in [4.78, 5) is 11.4. The third-order valence-electron chi connectivity index (χ3n) is 4.87. The van der Waals surface area contributed by atoms with E-state index < -0.39 is 29.2 Å². The van der Waals surface area contributed by atoms with Gasteiger partial charge in [-0.1, -0.05) is 43.3 Å². The molecule has 0 radical (unpaired) electrons. The van der Waals surface area contributed by atoms with Crippen LogP contribution in [0.5, 0.6) is 11.6 Å². The third-order valence-corrected chi connectivity index (χ3v) is 5.20. The first kappa shape index (κ1) is 26.9. The smallest absolute Gasteiger partial charge is 0.422 e. The lowest BCUT2D eigenvalue weighted by Crippen LogP contribution is -2.50. The van der Waals surface area contributed by atoms with E-state index in [1.807, 2.05) is 0 Å². The van der Waals surface area contributed by atoms with Crippen molar-refractivity contribution < 1.29 is 32.5 Å². The van der Waals surface area contributed by atoms with Gasteiger partial charge in [-0.05, 0) is 42.3 Å². The fourth-order valence-corrected chi connectivity index (χ4v) is 3.51. The van der Waals surface area contributed by atoms with Gasteiger partial charge in [0.25, 0.3) is 0 Å². The van der Waals surface area contributed by atoms with Gasteiger partial charge in [-0.15, -0.1) is 10.2 Å². The number of hydrogen-bond acceptors (Lipinski definition) is 7. The van der Waals surface area contributed by atoms with Crippen LogP contribution in [0.4, 0.5) is 13.2 Å². The molecule has 0 aliphatic carbocycles. The molecule has 0 saturated heterocycles. The van der Waals surface area contributed by atoms with Gasteiger partial charge in [0.1, 0.15) is 5.75 Å². The second-order valence-electron chi connectivity index (χ2n) is 7.27. The molecule has 34 heavy (non-hydrogen) atoms. The van der Waals surface area contributed by atoms with Gasteiger partial charge < -0.3 is 20.3 Å². The Labute approximate surface area is 199 Å². The number of rotatable bonds is 8. The zero-order valence-corrected chi connectivity index (χ0v) is 19.3. The molecule has 7 nitrogen and oxygen atoms in total. The number of methoxy groups -OCH3 is 1. The number of allylic oxidation sites excluding steroid dienone is 3. The van der Waals surface area contributed by atoms with E-state index in [0.717, 1.165) is 18.2 Å². The average Bonchev–Trinajstić information content (AvgIpc) is 2.77. The van der Waals surface area contributed by atoms with Crippen molar-refractivity contribution >= 4 is 17.6 Å². The number of carbonyl (C=O) groups excluding carboxylic acids is 1. The number of hydrogen-bond donors (Lipinski definition) is 2. The number of nitrogens with two attached hydrogens (primary N) is 1. The van der Waals surface area contributed by atoms with E-state index in [0.29, 0.717) is 0 Å². The maximum atomic E-state index is 14.2. The molecule has 1 aromatic heterocycles. The zero-order valence-electron chi connectivity index (χ0n) is 18.6. The van der Waals surface area contributed by atoms with Crippen molar-refractivity contribution in [1.29, 1.82) is 0 Å². The lowest BCUT2D eigenvalue weighted by atomic mass is 9.76.